The van der Waals surface area contributed by atoms with Crippen molar-refractivity contribution in [2.45, 2.75) is 53.6 Å². The van der Waals surface area contributed by atoms with Crippen LogP contribution in [0.3, 0.4) is 0 Å². The van der Waals surface area contributed by atoms with Gasteiger partial charge in [0.1, 0.15) is 18.0 Å². The molecule has 0 saturated carbocycles. The largest absolute Gasteiger partial charge is 0.365 e. The van der Waals surface area contributed by atoms with E-state index in [0.29, 0.717) is 6.54 Å². The molecule has 0 amide bonds. The molecule has 180 valence electrons. The number of nitrogens with zero attached hydrogens (tertiary/aromatic N) is 6. The van der Waals surface area contributed by atoms with Crippen LogP contribution in [0.1, 0.15) is 55.4 Å². The molecule has 3 aromatic heterocycles. The van der Waals surface area contributed by atoms with Crippen molar-refractivity contribution in [2.75, 3.05) is 16.8 Å². The second-order valence-corrected chi connectivity index (χ2v) is 8.68. The average molecular weight is 468 g/mol. The zero-order valence-electron chi connectivity index (χ0n) is 21.0. The summed E-state index contributed by atoms with van der Waals surface area (Å²) in [5.41, 5.74) is 6.68. The van der Waals surface area contributed by atoms with E-state index in [1.807, 2.05) is 43.7 Å². The van der Waals surface area contributed by atoms with Crippen molar-refractivity contribution < 1.29 is 0 Å². The first kappa shape index (κ1) is 24.3. The number of fused-ring (bicyclic) bond motifs is 1. The second kappa shape index (κ2) is 11.5. The fraction of sp³-hybridized carbons (Fsp3) is 0.321. The SMILES string of the molecule is C\C=C/C(=C\C(C)=C\CC)c1ncc(CNc2ncnc(N3CCc4ncccc4C3)c2C)cn1. The summed E-state index contributed by atoms with van der Waals surface area (Å²) in [4.78, 5) is 25.1. The molecule has 1 aliphatic heterocycles. The van der Waals surface area contributed by atoms with Crippen LogP contribution in [0.25, 0.3) is 5.57 Å². The Kier molecular flexibility index (Phi) is 7.98. The van der Waals surface area contributed by atoms with E-state index >= 15 is 0 Å². The molecule has 0 bridgehead atoms. The molecule has 0 aliphatic carbocycles. The zero-order valence-corrected chi connectivity index (χ0v) is 21.0. The lowest BCUT2D eigenvalue weighted by molar-refractivity contribution is 0.699. The fourth-order valence-corrected chi connectivity index (χ4v) is 4.26. The van der Waals surface area contributed by atoms with Crippen LogP contribution in [0.2, 0.25) is 0 Å². The lowest BCUT2D eigenvalue weighted by Crippen LogP contribution is -2.32. The molecular formula is C28H33N7. The van der Waals surface area contributed by atoms with Crippen molar-refractivity contribution in [3.63, 3.8) is 0 Å². The molecule has 35 heavy (non-hydrogen) atoms. The van der Waals surface area contributed by atoms with Gasteiger partial charge in [0.2, 0.25) is 0 Å². The number of aromatic nitrogens is 5. The standard InChI is InChI=1S/C28H33N7/c1-5-8-20(3)14-23(9-6-2)27-31-16-22(17-32-27)15-30-26-21(4)28(34-19-33-26)35-13-11-25-24(18-35)10-7-12-29-25/h6-10,12,14,16-17,19H,5,11,13,15,18H2,1-4H3,(H,30,33,34)/b9-6-,20-8+,23-14+. The first-order valence-corrected chi connectivity index (χ1v) is 12.1. The molecule has 1 aliphatic rings. The maximum absolute atomic E-state index is 4.61. The minimum Gasteiger partial charge on any atom is -0.365 e. The molecule has 7 nitrogen and oxygen atoms in total. The van der Waals surface area contributed by atoms with E-state index in [0.717, 1.165) is 60.1 Å². The highest BCUT2D eigenvalue weighted by Gasteiger charge is 2.20. The summed E-state index contributed by atoms with van der Waals surface area (Å²) in [5, 5.41) is 3.44. The topological polar surface area (TPSA) is 79.7 Å². The molecule has 7 heteroatoms. The van der Waals surface area contributed by atoms with Crippen LogP contribution in [-0.2, 0) is 19.5 Å². The molecule has 0 unspecified atom stereocenters. The van der Waals surface area contributed by atoms with Crippen molar-refractivity contribution in [2.24, 2.45) is 0 Å². The van der Waals surface area contributed by atoms with Crippen LogP contribution in [0.4, 0.5) is 11.6 Å². The molecule has 0 spiro atoms. The number of pyridine rings is 1. The van der Waals surface area contributed by atoms with Gasteiger partial charge in [-0.1, -0.05) is 36.8 Å². The molecule has 4 rings (SSSR count). The highest BCUT2D eigenvalue weighted by molar-refractivity contribution is 5.71. The Morgan fingerprint density at radius 1 is 1.14 bits per heavy atom. The second-order valence-electron chi connectivity index (χ2n) is 8.68. The van der Waals surface area contributed by atoms with Gasteiger partial charge in [-0.25, -0.2) is 19.9 Å². The Balaban J connectivity index is 1.45. The van der Waals surface area contributed by atoms with Gasteiger partial charge in [-0.3, -0.25) is 4.98 Å². The Hall–Kier alpha value is -3.87. The lowest BCUT2D eigenvalue weighted by Gasteiger charge is -2.30. The normalized spacial score (nSPS) is 14.3. The van der Waals surface area contributed by atoms with Gasteiger partial charge in [-0.05, 0) is 44.9 Å². The first-order valence-electron chi connectivity index (χ1n) is 12.1. The van der Waals surface area contributed by atoms with Crippen LogP contribution in [0, 0.1) is 6.92 Å². The van der Waals surface area contributed by atoms with Crippen LogP contribution in [0.15, 0.2) is 66.9 Å². The van der Waals surface area contributed by atoms with Gasteiger partial charge in [0.25, 0.3) is 0 Å². The van der Waals surface area contributed by atoms with Gasteiger partial charge in [0, 0.05) is 67.0 Å². The van der Waals surface area contributed by atoms with E-state index < -0.39 is 0 Å². The van der Waals surface area contributed by atoms with E-state index in [1.54, 1.807) is 6.33 Å². The van der Waals surface area contributed by atoms with Crippen molar-refractivity contribution in [3.05, 3.63) is 95.1 Å². The average Bonchev–Trinajstić information content (AvgIpc) is 2.88. The van der Waals surface area contributed by atoms with Gasteiger partial charge in [0.15, 0.2) is 5.82 Å². The lowest BCUT2D eigenvalue weighted by atomic mass is 10.1. The Bertz CT molecular complexity index is 1240. The number of anilines is 2. The number of hydrogen-bond acceptors (Lipinski definition) is 7. The molecule has 0 atom stereocenters. The fourth-order valence-electron chi connectivity index (χ4n) is 4.26. The Morgan fingerprint density at radius 2 is 1.97 bits per heavy atom. The summed E-state index contributed by atoms with van der Waals surface area (Å²) < 4.78 is 0. The molecule has 0 fully saturated rings. The highest BCUT2D eigenvalue weighted by atomic mass is 15.2. The molecule has 0 saturated heterocycles. The zero-order chi connectivity index (χ0) is 24.6. The monoisotopic (exact) mass is 467 g/mol. The predicted molar refractivity (Wildman–Crippen MR) is 142 cm³/mol. The minimum absolute atomic E-state index is 0.585. The van der Waals surface area contributed by atoms with E-state index in [2.05, 4.69) is 74.1 Å². The summed E-state index contributed by atoms with van der Waals surface area (Å²) in [6.45, 7) is 10.6. The molecule has 0 aromatic carbocycles. The third-order valence-electron chi connectivity index (χ3n) is 6.00. The van der Waals surface area contributed by atoms with Gasteiger partial charge in [-0.15, -0.1) is 0 Å². The maximum Gasteiger partial charge on any atom is 0.159 e. The maximum atomic E-state index is 4.61. The van der Waals surface area contributed by atoms with Gasteiger partial charge in [-0.2, -0.15) is 0 Å². The summed E-state index contributed by atoms with van der Waals surface area (Å²) in [7, 11) is 0. The number of hydrogen-bond donors (Lipinski definition) is 1. The smallest absolute Gasteiger partial charge is 0.159 e. The van der Waals surface area contributed by atoms with Crippen LogP contribution in [-0.4, -0.2) is 31.5 Å². The minimum atomic E-state index is 0.585. The number of allylic oxidation sites excluding steroid dienone is 6. The van der Waals surface area contributed by atoms with Crippen LogP contribution < -0.4 is 10.2 Å². The van der Waals surface area contributed by atoms with Crippen LogP contribution in [0.5, 0.6) is 0 Å². The van der Waals surface area contributed by atoms with E-state index in [-0.39, 0.29) is 0 Å². The Labute approximate surface area is 207 Å². The molecule has 1 N–H and O–H groups in total. The van der Waals surface area contributed by atoms with E-state index in [1.165, 1.54) is 16.8 Å². The van der Waals surface area contributed by atoms with Gasteiger partial charge < -0.3 is 10.2 Å². The van der Waals surface area contributed by atoms with Crippen molar-refractivity contribution in [1.29, 1.82) is 0 Å². The highest BCUT2D eigenvalue weighted by Crippen LogP contribution is 2.27. The van der Waals surface area contributed by atoms with E-state index in [4.69, 9.17) is 0 Å². The first-order chi connectivity index (χ1) is 17.1. The predicted octanol–water partition coefficient (Wildman–Crippen LogP) is 5.46. The third-order valence-corrected chi connectivity index (χ3v) is 6.00. The van der Waals surface area contributed by atoms with Gasteiger partial charge >= 0.3 is 0 Å². The van der Waals surface area contributed by atoms with E-state index in [9.17, 15) is 0 Å². The molecule has 3 aromatic rings. The van der Waals surface area contributed by atoms with Crippen molar-refractivity contribution in [3.8, 4) is 0 Å². The number of nitrogens with one attached hydrogen (secondary N) is 1. The summed E-state index contributed by atoms with van der Waals surface area (Å²) in [5.74, 6) is 2.50. The molecular weight excluding hydrogens is 434 g/mol. The van der Waals surface area contributed by atoms with Gasteiger partial charge in [0.05, 0.1) is 0 Å². The number of rotatable bonds is 8. The Morgan fingerprint density at radius 3 is 2.74 bits per heavy atom. The molecule has 4 heterocycles. The summed E-state index contributed by atoms with van der Waals surface area (Å²) in [6, 6.07) is 4.14. The van der Waals surface area contributed by atoms with Crippen molar-refractivity contribution >= 4 is 17.2 Å². The summed E-state index contributed by atoms with van der Waals surface area (Å²) in [6.07, 6.45) is 17.5. The summed E-state index contributed by atoms with van der Waals surface area (Å²) >= 11 is 0. The van der Waals surface area contributed by atoms with Crippen LogP contribution >= 0.6 is 0 Å². The quantitative estimate of drug-likeness (QED) is 0.441. The third kappa shape index (κ3) is 5.98. The van der Waals surface area contributed by atoms with Crippen molar-refractivity contribution in [1.82, 2.24) is 24.9 Å². The molecule has 0 radical (unpaired) electrons.